The normalized spacial score (nSPS) is 11.6. The van der Waals surface area contributed by atoms with Crippen molar-refractivity contribution in [2.75, 3.05) is 32.4 Å². The van der Waals surface area contributed by atoms with Crippen LogP contribution < -0.4 is 5.32 Å². The van der Waals surface area contributed by atoms with Gasteiger partial charge in [-0.1, -0.05) is 67.4 Å². The van der Waals surface area contributed by atoms with E-state index in [0.29, 0.717) is 47.2 Å². The maximum atomic E-state index is 13.1. The minimum Gasteiger partial charge on any atom is -0.382 e. The highest BCUT2D eigenvalue weighted by molar-refractivity contribution is 6.30. The van der Waals surface area contributed by atoms with Gasteiger partial charge in [0.05, 0.1) is 25.5 Å². The third-order valence-corrected chi connectivity index (χ3v) is 6.01. The van der Waals surface area contributed by atoms with Crippen molar-refractivity contribution >= 4 is 23.2 Å². The van der Waals surface area contributed by atoms with Gasteiger partial charge in [-0.15, -0.1) is 0 Å². The van der Waals surface area contributed by atoms with Crippen LogP contribution in [0.5, 0.6) is 0 Å². The quantitative estimate of drug-likeness (QED) is 0.189. The van der Waals surface area contributed by atoms with Crippen LogP contribution >= 0.6 is 11.6 Å². The Hall–Kier alpha value is -2.92. The fraction of sp³-hybridized carbons (Fsp3) is 0.407. The Labute approximate surface area is 224 Å². The van der Waals surface area contributed by atoms with E-state index in [2.05, 4.69) is 11.9 Å². The summed E-state index contributed by atoms with van der Waals surface area (Å²) in [7, 11) is 1.58. The molecule has 38 heavy (non-hydrogen) atoms. The molecule has 1 amide bonds. The number of hydrogen-bond acceptors (Lipinski definition) is 5. The topological polar surface area (TPSA) is 74.6 Å². The van der Waals surface area contributed by atoms with Crippen LogP contribution in [-0.2, 0) is 38.6 Å². The van der Waals surface area contributed by atoms with E-state index in [4.69, 9.17) is 25.8 Å². The van der Waals surface area contributed by atoms with Crippen LogP contribution in [0.1, 0.15) is 36.8 Å². The summed E-state index contributed by atoms with van der Waals surface area (Å²) in [5.41, 5.74) is 2.49. The zero-order valence-corrected chi connectivity index (χ0v) is 22.1. The maximum absolute atomic E-state index is 13.1. The second kappa shape index (κ2) is 14.3. The predicted molar refractivity (Wildman–Crippen MR) is 139 cm³/mol. The number of carbonyl (C=O) groups is 1. The number of hydrogen-bond donors (Lipinski definition) is 1. The summed E-state index contributed by atoms with van der Waals surface area (Å²) < 4.78 is 57.1. The predicted octanol–water partition coefficient (Wildman–Crippen LogP) is 6.23. The van der Waals surface area contributed by atoms with Crippen molar-refractivity contribution in [3.05, 3.63) is 70.8 Å². The van der Waals surface area contributed by atoms with E-state index in [9.17, 15) is 18.0 Å². The summed E-state index contributed by atoms with van der Waals surface area (Å²) in [6.45, 7) is 3.32. The van der Waals surface area contributed by atoms with Gasteiger partial charge in [-0.25, -0.2) is 4.98 Å². The number of aryl methyl sites for hydroxylation is 1. The number of anilines is 1. The van der Waals surface area contributed by atoms with E-state index in [1.807, 2.05) is 16.0 Å². The molecule has 0 spiro atoms. The number of nitrogens with one attached hydrogen (secondary N) is 1. The van der Waals surface area contributed by atoms with Gasteiger partial charge < -0.3 is 24.1 Å². The summed E-state index contributed by atoms with van der Waals surface area (Å²) in [6, 6.07) is 13.9. The lowest BCUT2D eigenvalue weighted by atomic mass is 10.0. The van der Waals surface area contributed by atoms with E-state index >= 15 is 0 Å². The molecule has 0 radical (unpaired) electrons. The fourth-order valence-electron chi connectivity index (χ4n) is 3.79. The Kier molecular flexibility index (Phi) is 11.1. The molecule has 0 saturated heterocycles. The lowest BCUT2D eigenvalue weighted by Crippen LogP contribution is -2.30. The molecule has 0 fully saturated rings. The molecule has 11 heteroatoms. The van der Waals surface area contributed by atoms with Crippen molar-refractivity contribution < 1.29 is 32.2 Å². The lowest BCUT2D eigenvalue weighted by molar-refractivity contribution is -0.167. The number of aromatic nitrogens is 2. The number of methoxy groups -OCH3 is 1. The monoisotopic (exact) mass is 553 g/mol. The molecule has 1 heterocycles. The van der Waals surface area contributed by atoms with Crippen molar-refractivity contribution in [2.24, 2.45) is 0 Å². The molecule has 0 saturated carbocycles. The van der Waals surface area contributed by atoms with Crippen molar-refractivity contribution in [3.63, 3.8) is 0 Å². The molecular weight excluding hydrogens is 523 g/mol. The Bertz CT molecular complexity index is 1190. The van der Waals surface area contributed by atoms with Crippen LogP contribution in [0.4, 0.5) is 18.9 Å². The first-order chi connectivity index (χ1) is 18.2. The minimum atomic E-state index is -5.02. The first-order valence-electron chi connectivity index (χ1n) is 12.2. The third-order valence-electron chi connectivity index (χ3n) is 5.71. The van der Waals surface area contributed by atoms with Crippen LogP contribution in [-0.4, -0.2) is 48.8 Å². The molecule has 0 aliphatic rings. The molecule has 1 aromatic heterocycles. The van der Waals surface area contributed by atoms with Crippen molar-refractivity contribution in [1.29, 1.82) is 0 Å². The van der Waals surface area contributed by atoms with Gasteiger partial charge in [0.15, 0.2) is 5.15 Å². The van der Waals surface area contributed by atoms with Gasteiger partial charge in [-0.3, -0.25) is 4.79 Å². The summed E-state index contributed by atoms with van der Waals surface area (Å²) >= 11 is 6.46. The summed E-state index contributed by atoms with van der Waals surface area (Å²) in [6.07, 6.45) is -2.53. The Morgan fingerprint density at radius 2 is 1.87 bits per heavy atom. The summed E-state index contributed by atoms with van der Waals surface area (Å²) in [5.74, 6) is -1.30. The molecule has 0 atom stereocenters. The van der Waals surface area contributed by atoms with Gasteiger partial charge in [0.2, 0.25) is 0 Å². The molecule has 3 rings (SSSR count). The number of rotatable bonds is 14. The van der Waals surface area contributed by atoms with Gasteiger partial charge >= 0.3 is 12.1 Å². The second-order valence-electron chi connectivity index (χ2n) is 8.52. The Morgan fingerprint density at radius 3 is 2.55 bits per heavy atom. The number of halogens is 4. The van der Waals surface area contributed by atoms with E-state index < -0.39 is 12.1 Å². The molecule has 1 N–H and O–H groups in total. The zero-order valence-electron chi connectivity index (χ0n) is 21.3. The highest BCUT2D eigenvalue weighted by Gasteiger charge is 2.39. The average molecular weight is 554 g/mol. The molecule has 2 aromatic carbocycles. The molecule has 0 unspecified atom stereocenters. The molecule has 206 valence electrons. The highest BCUT2D eigenvalue weighted by Crippen LogP contribution is 2.31. The van der Waals surface area contributed by atoms with Crippen molar-refractivity contribution in [3.8, 4) is 11.1 Å². The van der Waals surface area contributed by atoms with E-state index in [1.54, 1.807) is 49.6 Å². The van der Waals surface area contributed by atoms with Gasteiger partial charge in [-0.2, -0.15) is 13.2 Å². The molecule has 3 aromatic rings. The standard InChI is InChI=1S/C27H31ClF3N3O4/c1-3-4-10-24-33-25(28)23(17-38-18-37-14-13-36-2)34(24)16-19-11-12-21(20-8-6-5-7-9-20)22(15-19)32-26(35)27(29,30)31/h5-9,11-12,15H,3-4,10,13-14,16-18H2,1-2H3,(H,32,35). The van der Waals surface area contributed by atoms with Crippen LogP contribution in [0.3, 0.4) is 0 Å². The van der Waals surface area contributed by atoms with Crippen LogP contribution in [0.15, 0.2) is 48.5 Å². The summed E-state index contributed by atoms with van der Waals surface area (Å²) in [4.78, 5) is 16.3. The molecule has 7 nitrogen and oxygen atoms in total. The first-order valence-corrected chi connectivity index (χ1v) is 12.6. The van der Waals surface area contributed by atoms with Crippen LogP contribution in [0.25, 0.3) is 11.1 Å². The number of benzene rings is 2. The molecule has 0 aliphatic heterocycles. The molecular formula is C27H31ClF3N3O4. The van der Waals surface area contributed by atoms with Gasteiger partial charge in [0.25, 0.3) is 0 Å². The Morgan fingerprint density at radius 1 is 1.11 bits per heavy atom. The number of carbonyl (C=O) groups excluding carboxylic acids is 1. The SMILES string of the molecule is CCCCc1nc(Cl)c(COCOCCOC)n1Cc1ccc(-c2ccccc2)c(NC(=O)C(F)(F)F)c1. The number of alkyl halides is 3. The Balaban J connectivity index is 1.92. The van der Waals surface area contributed by atoms with E-state index in [0.717, 1.165) is 18.7 Å². The van der Waals surface area contributed by atoms with Crippen molar-refractivity contribution in [2.45, 2.75) is 45.5 Å². The molecule has 0 aliphatic carbocycles. The first kappa shape index (κ1) is 29.6. The maximum Gasteiger partial charge on any atom is 0.471 e. The van der Waals surface area contributed by atoms with E-state index in [1.165, 1.54) is 0 Å². The number of imidazole rings is 1. The van der Waals surface area contributed by atoms with Crippen molar-refractivity contribution in [1.82, 2.24) is 9.55 Å². The fourth-order valence-corrected chi connectivity index (χ4v) is 4.05. The van der Waals surface area contributed by atoms with E-state index in [-0.39, 0.29) is 25.6 Å². The molecule has 0 bridgehead atoms. The smallest absolute Gasteiger partial charge is 0.382 e. The number of amides is 1. The number of unbranched alkanes of at least 4 members (excludes halogenated alkanes) is 1. The highest BCUT2D eigenvalue weighted by atomic mass is 35.5. The largest absolute Gasteiger partial charge is 0.471 e. The lowest BCUT2D eigenvalue weighted by Gasteiger charge is -2.17. The van der Waals surface area contributed by atoms with Gasteiger partial charge in [0, 0.05) is 31.3 Å². The average Bonchev–Trinajstić information content (AvgIpc) is 3.18. The third kappa shape index (κ3) is 8.29. The summed E-state index contributed by atoms with van der Waals surface area (Å²) in [5, 5.41) is 2.33. The zero-order chi connectivity index (χ0) is 27.5. The van der Waals surface area contributed by atoms with Gasteiger partial charge in [-0.05, 0) is 23.6 Å². The second-order valence-corrected chi connectivity index (χ2v) is 8.88. The van der Waals surface area contributed by atoms with Crippen LogP contribution in [0, 0.1) is 0 Å². The van der Waals surface area contributed by atoms with Crippen LogP contribution in [0.2, 0.25) is 5.15 Å². The number of ether oxygens (including phenoxy) is 3. The van der Waals surface area contributed by atoms with Gasteiger partial charge in [0.1, 0.15) is 12.6 Å². The number of nitrogens with zero attached hydrogens (tertiary/aromatic N) is 2. The minimum absolute atomic E-state index is 0.0363.